The number of ether oxygens (including phenoxy) is 2. The normalized spacial score (nSPS) is 11.0. The average Bonchev–Trinajstić information content (AvgIpc) is 3.11. The van der Waals surface area contributed by atoms with Crippen molar-refractivity contribution in [3.05, 3.63) is 82.1 Å². The number of carbonyl (C=O) groups excluding carboxylic acids is 1. The molecule has 0 saturated carbocycles. The Bertz CT molecular complexity index is 978. The summed E-state index contributed by atoms with van der Waals surface area (Å²) in [7, 11) is 1.54. The van der Waals surface area contributed by atoms with Gasteiger partial charge < -0.3 is 14.0 Å². The molecule has 0 unspecified atom stereocenters. The summed E-state index contributed by atoms with van der Waals surface area (Å²) in [5.41, 5.74) is 2.56. The number of halogens is 1. The quantitative estimate of drug-likeness (QED) is 0.298. The van der Waals surface area contributed by atoms with Crippen molar-refractivity contribution in [2.75, 3.05) is 13.7 Å². The number of hydrogen-bond donors (Lipinski definition) is 0. The van der Waals surface area contributed by atoms with E-state index in [0.29, 0.717) is 23.6 Å². The zero-order chi connectivity index (χ0) is 19.9. The van der Waals surface area contributed by atoms with Gasteiger partial charge in [-0.05, 0) is 67.1 Å². The van der Waals surface area contributed by atoms with E-state index < -0.39 is 5.97 Å². The molecule has 1 heterocycles. The number of benzene rings is 2. The third-order valence-corrected chi connectivity index (χ3v) is 4.77. The Labute approximate surface area is 172 Å². The fourth-order valence-electron chi connectivity index (χ4n) is 2.68. The summed E-state index contributed by atoms with van der Waals surface area (Å²) in [5, 5.41) is 0. The van der Waals surface area contributed by atoms with Crippen LogP contribution in [0.25, 0.3) is 0 Å². The highest BCUT2D eigenvalue weighted by atomic mass is 79.9. The molecule has 1 aromatic heterocycles. The lowest BCUT2D eigenvalue weighted by Crippen LogP contribution is -2.09. The summed E-state index contributed by atoms with van der Waals surface area (Å²) < 4.78 is 13.9. The zero-order valence-corrected chi connectivity index (χ0v) is 17.3. The first kappa shape index (κ1) is 19.9. The Morgan fingerprint density at radius 1 is 1.14 bits per heavy atom. The molecule has 0 aliphatic carbocycles. The third kappa shape index (κ3) is 5.10. The number of hydrogen-bond acceptors (Lipinski definition) is 4. The Hall–Kier alpha value is -2.86. The summed E-state index contributed by atoms with van der Waals surface area (Å²) >= 11 is 3.35. The van der Waals surface area contributed by atoms with Gasteiger partial charge in [0.1, 0.15) is 0 Å². The van der Waals surface area contributed by atoms with Gasteiger partial charge in [-0.3, -0.25) is 4.99 Å². The average molecular weight is 441 g/mol. The van der Waals surface area contributed by atoms with Crippen LogP contribution < -0.4 is 9.47 Å². The number of aromatic nitrogens is 1. The predicted octanol–water partition coefficient (Wildman–Crippen LogP) is 4.91. The van der Waals surface area contributed by atoms with E-state index in [2.05, 4.69) is 38.5 Å². The van der Waals surface area contributed by atoms with E-state index in [1.165, 1.54) is 5.69 Å². The van der Waals surface area contributed by atoms with Gasteiger partial charge in [-0.2, -0.15) is 0 Å². The van der Waals surface area contributed by atoms with Crippen LogP contribution in [0.2, 0.25) is 0 Å². The summed E-state index contributed by atoms with van der Waals surface area (Å²) in [6, 6.07) is 16.4. The second-order valence-corrected chi connectivity index (χ2v) is 7.10. The van der Waals surface area contributed by atoms with Crippen molar-refractivity contribution in [1.29, 1.82) is 0 Å². The molecule has 2 aromatic carbocycles. The van der Waals surface area contributed by atoms with Crippen molar-refractivity contribution in [1.82, 2.24) is 4.57 Å². The molecule has 0 radical (unpaired) electrons. The predicted molar refractivity (Wildman–Crippen MR) is 114 cm³/mol. The van der Waals surface area contributed by atoms with Crippen molar-refractivity contribution >= 4 is 28.1 Å². The molecule has 5 nitrogen and oxygen atoms in total. The van der Waals surface area contributed by atoms with Gasteiger partial charge in [-0.1, -0.05) is 15.9 Å². The van der Waals surface area contributed by atoms with Gasteiger partial charge in [0, 0.05) is 29.1 Å². The smallest absolute Gasteiger partial charge is 0.343 e. The van der Waals surface area contributed by atoms with Crippen LogP contribution in [0.15, 0.2) is 70.3 Å². The number of carbonyl (C=O) groups is 1. The largest absolute Gasteiger partial charge is 0.493 e. The molecule has 144 valence electrons. The number of methoxy groups -OCH3 is 1. The van der Waals surface area contributed by atoms with Crippen LogP contribution in [-0.4, -0.2) is 30.4 Å². The van der Waals surface area contributed by atoms with Crippen molar-refractivity contribution in [3.63, 3.8) is 0 Å². The van der Waals surface area contributed by atoms with E-state index in [1.54, 1.807) is 49.7 Å². The summed E-state index contributed by atoms with van der Waals surface area (Å²) in [6.07, 6.45) is 3.84. The zero-order valence-electron chi connectivity index (χ0n) is 15.8. The lowest BCUT2D eigenvalue weighted by atomic mass is 10.2. The molecular formula is C22H21BrN2O3. The topological polar surface area (TPSA) is 52.8 Å². The molecule has 0 saturated heterocycles. The van der Waals surface area contributed by atoms with Crippen molar-refractivity contribution in [3.8, 4) is 11.5 Å². The molecule has 3 rings (SSSR count). The van der Waals surface area contributed by atoms with Crippen LogP contribution in [-0.2, 0) is 6.54 Å². The Morgan fingerprint density at radius 3 is 2.61 bits per heavy atom. The van der Waals surface area contributed by atoms with E-state index in [-0.39, 0.29) is 0 Å². The molecule has 0 N–H and O–H groups in total. The lowest BCUT2D eigenvalue weighted by molar-refractivity contribution is 0.0729. The van der Waals surface area contributed by atoms with E-state index in [4.69, 9.17) is 9.47 Å². The number of nitrogens with zero attached hydrogens (tertiary/aromatic N) is 2. The van der Waals surface area contributed by atoms with Crippen molar-refractivity contribution < 1.29 is 14.3 Å². The molecule has 28 heavy (non-hydrogen) atoms. The molecule has 3 aromatic rings. The van der Waals surface area contributed by atoms with E-state index in [0.717, 1.165) is 16.6 Å². The number of aryl methyl sites for hydroxylation is 1. The maximum Gasteiger partial charge on any atom is 0.343 e. The van der Waals surface area contributed by atoms with E-state index in [1.807, 2.05) is 18.3 Å². The van der Waals surface area contributed by atoms with E-state index in [9.17, 15) is 4.79 Å². The Balaban J connectivity index is 1.64. The van der Waals surface area contributed by atoms with Crippen LogP contribution in [0, 0.1) is 6.92 Å². The van der Waals surface area contributed by atoms with Crippen LogP contribution in [0.3, 0.4) is 0 Å². The standard InChI is InChI=1S/C22H21BrN2O3/c1-16-4-3-12-25(16)13-11-24-15-17-5-10-20(21(14-17)27-2)28-22(26)18-6-8-19(23)9-7-18/h3-10,12,14-15H,11,13H2,1-2H3. The lowest BCUT2D eigenvalue weighted by Gasteiger charge is -2.10. The fraction of sp³-hybridized carbons (Fsp3) is 0.182. The fourth-order valence-corrected chi connectivity index (χ4v) is 2.94. The molecule has 0 aliphatic heterocycles. The minimum absolute atomic E-state index is 0.371. The SMILES string of the molecule is COc1cc(C=NCCn2cccc2C)ccc1OC(=O)c1ccc(Br)cc1. The highest BCUT2D eigenvalue weighted by Gasteiger charge is 2.12. The Morgan fingerprint density at radius 2 is 1.93 bits per heavy atom. The highest BCUT2D eigenvalue weighted by Crippen LogP contribution is 2.28. The van der Waals surface area contributed by atoms with Crippen molar-refractivity contribution in [2.45, 2.75) is 13.5 Å². The number of esters is 1. The summed E-state index contributed by atoms with van der Waals surface area (Å²) in [6.45, 7) is 3.58. The van der Waals surface area contributed by atoms with Gasteiger partial charge in [0.05, 0.1) is 19.2 Å². The van der Waals surface area contributed by atoms with Gasteiger partial charge in [-0.15, -0.1) is 0 Å². The van der Waals surface area contributed by atoms with Crippen LogP contribution in [0.4, 0.5) is 0 Å². The second-order valence-electron chi connectivity index (χ2n) is 6.18. The van der Waals surface area contributed by atoms with Gasteiger partial charge in [-0.25, -0.2) is 4.79 Å². The molecule has 6 heteroatoms. The molecule has 0 atom stereocenters. The molecule has 0 aliphatic rings. The Kier molecular flexibility index (Phi) is 6.66. The van der Waals surface area contributed by atoms with Gasteiger partial charge in [0.15, 0.2) is 11.5 Å². The monoisotopic (exact) mass is 440 g/mol. The first-order valence-corrected chi connectivity index (χ1v) is 9.63. The maximum atomic E-state index is 12.3. The molecular weight excluding hydrogens is 420 g/mol. The summed E-state index contributed by atoms with van der Waals surface area (Å²) in [5.74, 6) is 0.417. The van der Waals surface area contributed by atoms with Crippen molar-refractivity contribution in [2.24, 2.45) is 4.99 Å². The first-order chi connectivity index (χ1) is 13.6. The first-order valence-electron chi connectivity index (χ1n) is 8.84. The third-order valence-electron chi connectivity index (χ3n) is 4.24. The second kappa shape index (κ2) is 9.37. The minimum atomic E-state index is -0.436. The molecule has 0 amide bonds. The highest BCUT2D eigenvalue weighted by molar-refractivity contribution is 9.10. The van der Waals surface area contributed by atoms with E-state index >= 15 is 0 Å². The number of aliphatic imine (C=N–C) groups is 1. The van der Waals surface area contributed by atoms with Gasteiger partial charge in [0.2, 0.25) is 0 Å². The van der Waals surface area contributed by atoms with Gasteiger partial charge in [0.25, 0.3) is 0 Å². The van der Waals surface area contributed by atoms with Crippen LogP contribution >= 0.6 is 15.9 Å². The van der Waals surface area contributed by atoms with Crippen LogP contribution in [0.1, 0.15) is 21.6 Å². The molecule has 0 bridgehead atoms. The molecule has 0 fully saturated rings. The summed E-state index contributed by atoms with van der Waals surface area (Å²) in [4.78, 5) is 16.8. The maximum absolute atomic E-state index is 12.3. The number of rotatable bonds is 7. The van der Waals surface area contributed by atoms with Gasteiger partial charge >= 0.3 is 5.97 Å². The minimum Gasteiger partial charge on any atom is -0.493 e. The van der Waals surface area contributed by atoms with Crippen LogP contribution in [0.5, 0.6) is 11.5 Å². The molecule has 0 spiro atoms.